The molecule has 1 heterocycles. The second-order valence-electron chi connectivity index (χ2n) is 8.52. The maximum atomic E-state index is 12.1. The summed E-state index contributed by atoms with van der Waals surface area (Å²) in [6.45, 7) is 1.71. The molecule has 1 fully saturated rings. The van der Waals surface area contributed by atoms with Gasteiger partial charge in [0, 0.05) is 19.5 Å². The molecule has 0 atom stereocenters. The van der Waals surface area contributed by atoms with Crippen LogP contribution in [0.4, 0.5) is 0 Å². The third kappa shape index (κ3) is 6.09. The van der Waals surface area contributed by atoms with Crippen LogP contribution in [0.2, 0.25) is 0 Å². The minimum Gasteiger partial charge on any atom is -0.484 e. The third-order valence-corrected chi connectivity index (χ3v) is 6.23. The van der Waals surface area contributed by atoms with E-state index in [2.05, 4.69) is 34.1 Å². The first kappa shape index (κ1) is 21.4. The van der Waals surface area contributed by atoms with E-state index in [1.807, 2.05) is 30.3 Å². The van der Waals surface area contributed by atoms with Crippen LogP contribution < -0.4 is 10.1 Å². The van der Waals surface area contributed by atoms with Gasteiger partial charge in [0.2, 0.25) is 0 Å². The number of benzene rings is 2. The summed E-state index contributed by atoms with van der Waals surface area (Å²) in [5.74, 6) is 2.61. The molecule has 0 bridgehead atoms. The molecule has 31 heavy (non-hydrogen) atoms. The Hall–Kier alpha value is -2.82. The highest BCUT2D eigenvalue weighted by Crippen LogP contribution is 2.28. The number of carbonyl (C=O) groups excluding carboxylic acids is 1. The van der Waals surface area contributed by atoms with E-state index in [9.17, 15) is 4.79 Å². The number of ether oxygens (including phenoxy) is 1. The average Bonchev–Trinajstić information content (AvgIpc) is 3.18. The van der Waals surface area contributed by atoms with E-state index in [4.69, 9.17) is 9.72 Å². The lowest BCUT2D eigenvalue weighted by Gasteiger charge is -2.22. The molecule has 5 nitrogen and oxygen atoms in total. The van der Waals surface area contributed by atoms with Crippen LogP contribution in [0.15, 0.2) is 54.6 Å². The molecule has 164 valence electrons. The zero-order valence-electron chi connectivity index (χ0n) is 18.3. The van der Waals surface area contributed by atoms with E-state index < -0.39 is 0 Å². The molecule has 3 aromatic rings. The molecule has 1 saturated carbocycles. The summed E-state index contributed by atoms with van der Waals surface area (Å²) in [7, 11) is 0. The van der Waals surface area contributed by atoms with Crippen LogP contribution in [0.3, 0.4) is 0 Å². The van der Waals surface area contributed by atoms with Crippen molar-refractivity contribution >= 4 is 16.9 Å². The molecular weight excluding hydrogens is 386 g/mol. The van der Waals surface area contributed by atoms with Gasteiger partial charge in [0.05, 0.1) is 11.0 Å². The molecule has 5 heteroatoms. The Morgan fingerprint density at radius 1 is 1.03 bits per heavy atom. The van der Waals surface area contributed by atoms with E-state index in [-0.39, 0.29) is 12.5 Å². The van der Waals surface area contributed by atoms with Crippen molar-refractivity contribution in [3.8, 4) is 5.75 Å². The van der Waals surface area contributed by atoms with Gasteiger partial charge in [-0.05, 0) is 43.0 Å². The van der Waals surface area contributed by atoms with E-state index in [0.29, 0.717) is 12.3 Å². The van der Waals surface area contributed by atoms with Crippen molar-refractivity contribution in [1.29, 1.82) is 0 Å². The molecule has 1 aliphatic carbocycles. The lowest BCUT2D eigenvalue weighted by molar-refractivity contribution is -0.123. The van der Waals surface area contributed by atoms with Gasteiger partial charge in [-0.3, -0.25) is 4.79 Å². The summed E-state index contributed by atoms with van der Waals surface area (Å²) in [5, 5.41) is 2.96. The molecular formula is C26H33N3O2. The predicted octanol–water partition coefficient (Wildman–Crippen LogP) is 5.13. The lowest BCUT2D eigenvalue weighted by atomic mass is 9.87. The highest BCUT2D eigenvalue weighted by molar-refractivity contribution is 5.77. The van der Waals surface area contributed by atoms with E-state index >= 15 is 0 Å². The molecule has 1 N–H and O–H groups in total. The molecule has 0 radical (unpaired) electrons. The Morgan fingerprint density at radius 3 is 2.65 bits per heavy atom. The number of amides is 1. The van der Waals surface area contributed by atoms with Crippen LogP contribution >= 0.6 is 0 Å². The maximum absolute atomic E-state index is 12.1. The van der Waals surface area contributed by atoms with Crippen molar-refractivity contribution in [3.63, 3.8) is 0 Å². The Morgan fingerprint density at radius 2 is 1.81 bits per heavy atom. The SMILES string of the molecule is O=C(COc1ccccc1)NCCCc1nc2ccccc2n1CCC1CCCCC1. The topological polar surface area (TPSA) is 56.1 Å². The first-order chi connectivity index (χ1) is 15.3. The van der Waals surface area contributed by atoms with Crippen LogP contribution in [-0.2, 0) is 17.8 Å². The molecule has 0 saturated heterocycles. The number of nitrogens with zero attached hydrogens (tertiary/aromatic N) is 2. The van der Waals surface area contributed by atoms with Crippen LogP contribution in [0.1, 0.15) is 50.8 Å². The summed E-state index contributed by atoms with van der Waals surface area (Å²) in [6.07, 6.45) is 9.88. The first-order valence-corrected chi connectivity index (χ1v) is 11.7. The highest BCUT2D eigenvalue weighted by atomic mass is 16.5. The number of hydrogen-bond donors (Lipinski definition) is 1. The van der Waals surface area contributed by atoms with Gasteiger partial charge in [0.1, 0.15) is 11.6 Å². The van der Waals surface area contributed by atoms with Crippen molar-refractivity contribution < 1.29 is 9.53 Å². The van der Waals surface area contributed by atoms with Gasteiger partial charge in [0.15, 0.2) is 6.61 Å². The number of nitrogens with one attached hydrogen (secondary N) is 1. The number of fused-ring (bicyclic) bond motifs is 1. The molecule has 4 rings (SSSR count). The van der Waals surface area contributed by atoms with Crippen molar-refractivity contribution in [3.05, 3.63) is 60.4 Å². The number of imidazole rings is 1. The fourth-order valence-corrected chi connectivity index (χ4v) is 4.54. The largest absolute Gasteiger partial charge is 0.484 e. The molecule has 1 aromatic heterocycles. The molecule has 0 spiro atoms. The Bertz CT molecular complexity index is 961. The number of para-hydroxylation sites is 3. The zero-order chi connectivity index (χ0) is 21.3. The summed E-state index contributed by atoms with van der Waals surface area (Å²) < 4.78 is 7.91. The fourth-order valence-electron chi connectivity index (χ4n) is 4.54. The van der Waals surface area contributed by atoms with E-state index in [1.54, 1.807) is 0 Å². The first-order valence-electron chi connectivity index (χ1n) is 11.7. The van der Waals surface area contributed by atoms with Gasteiger partial charge in [-0.25, -0.2) is 4.98 Å². The van der Waals surface area contributed by atoms with Crippen molar-refractivity contribution in [2.45, 2.75) is 57.9 Å². The Labute approximate surface area is 184 Å². The molecule has 0 aliphatic heterocycles. The van der Waals surface area contributed by atoms with Crippen molar-refractivity contribution in [1.82, 2.24) is 14.9 Å². The quantitative estimate of drug-likeness (QED) is 0.463. The zero-order valence-corrected chi connectivity index (χ0v) is 18.3. The number of aryl methyl sites for hydroxylation is 2. The molecule has 2 aromatic carbocycles. The van der Waals surface area contributed by atoms with Gasteiger partial charge in [0.25, 0.3) is 5.91 Å². The van der Waals surface area contributed by atoms with E-state index in [1.165, 1.54) is 44.0 Å². The number of hydrogen-bond acceptors (Lipinski definition) is 3. The van der Waals surface area contributed by atoms with Crippen LogP contribution in [0.5, 0.6) is 5.75 Å². The second kappa shape index (κ2) is 11.0. The van der Waals surface area contributed by atoms with Crippen molar-refractivity contribution in [2.24, 2.45) is 5.92 Å². The number of carbonyl (C=O) groups is 1. The van der Waals surface area contributed by atoms with Gasteiger partial charge in [-0.1, -0.05) is 62.4 Å². The monoisotopic (exact) mass is 419 g/mol. The average molecular weight is 420 g/mol. The minimum absolute atomic E-state index is 0.0456. The van der Waals surface area contributed by atoms with Gasteiger partial charge < -0.3 is 14.6 Å². The molecule has 1 amide bonds. The minimum atomic E-state index is -0.0883. The highest BCUT2D eigenvalue weighted by Gasteiger charge is 2.16. The van der Waals surface area contributed by atoms with Gasteiger partial charge in [-0.2, -0.15) is 0 Å². The number of rotatable bonds is 10. The van der Waals surface area contributed by atoms with E-state index in [0.717, 1.165) is 36.6 Å². The summed E-state index contributed by atoms with van der Waals surface area (Å²) in [5.41, 5.74) is 2.30. The molecule has 1 aliphatic rings. The smallest absolute Gasteiger partial charge is 0.257 e. The second-order valence-corrected chi connectivity index (χ2v) is 8.52. The lowest BCUT2D eigenvalue weighted by Crippen LogP contribution is -2.30. The van der Waals surface area contributed by atoms with Crippen LogP contribution in [-0.4, -0.2) is 28.6 Å². The normalized spacial score (nSPS) is 14.6. The van der Waals surface area contributed by atoms with Gasteiger partial charge >= 0.3 is 0 Å². The Balaban J connectivity index is 1.27. The third-order valence-electron chi connectivity index (χ3n) is 6.23. The Kier molecular flexibility index (Phi) is 7.59. The summed E-state index contributed by atoms with van der Waals surface area (Å²) in [6, 6.07) is 17.8. The van der Waals surface area contributed by atoms with Crippen LogP contribution in [0.25, 0.3) is 11.0 Å². The standard InChI is InChI=1S/C26H33N3O2/c30-26(20-31-22-12-5-2-6-13-22)27-18-9-16-25-28-23-14-7-8-15-24(23)29(25)19-17-21-10-3-1-4-11-21/h2,5-8,12-15,21H,1,3-4,9-11,16-20H2,(H,27,30). The predicted molar refractivity (Wildman–Crippen MR) is 124 cm³/mol. The summed E-state index contributed by atoms with van der Waals surface area (Å²) >= 11 is 0. The molecule has 0 unspecified atom stereocenters. The van der Waals surface area contributed by atoms with Gasteiger partial charge in [-0.15, -0.1) is 0 Å². The van der Waals surface area contributed by atoms with Crippen molar-refractivity contribution in [2.75, 3.05) is 13.2 Å². The fraction of sp³-hybridized carbons (Fsp3) is 0.462. The summed E-state index contributed by atoms with van der Waals surface area (Å²) in [4.78, 5) is 17.0. The number of aromatic nitrogens is 2. The van der Waals surface area contributed by atoms with Crippen LogP contribution in [0, 0.1) is 5.92 Å². The maximum Gasteiger partial charge on any atom is 0.257 e.